The zero-order valence-corrected chi connectivity index (χ0v) is 12.0. The fourth-order valence-electron chi connectivity index (χ4n) is 1.81. The lowest BCUT2D eigenvalue weighted by molar-refractivity contribution is -0.137. The van der Waals surface area contributed by atoms with E-state index in [-0.39, 0.29) is 17.6 Å². The van der Waals surface area contributed by atoms with Crippen molar-refractivity contribution in [3.05, 3.63) is 41.7 Å². The molecule has 6 N–H and O–H groups in total. The molecule has 2 rings (SSSR count). The summed E-state index contributed by atoms with van der Waals surface area (Å²) in [6, 6.07) is 3.03. The number of rotatable bonds is 2. The average molecular weight is 325 g/mol. The van der Waals surface area contributed by atoms with Crippen LogP contribution in [-0.2, 0) is 6.18 Å². The van der Waals surface area contributed by atoms with E-state index in [4.69, 9.17) is 17.2 Å². The van der Waals surface area contributed by atoms with Crippen LogP contribution in [0.5, 0.6) is 0 Å². The molecule has 1 aromatic carbocycles. The van der Waals surface area contributed by atoms with Gasteiger partial charge in [-0.15, -0.1) is 0 Å². The van der Waals surface area contributed by atoms with Crippen LogP contribution >= 0.6 is 0 Å². The molecule has 23 heavy (non-hydrogen) atoms. The molecule has 0 radical (unpaired) electrons. The molecule has 0 unspecified atom stereocenters. The zero-order valence-electron chi connectivity index (χ0n) is 12.0. The summed E-state index contributed by atoms with van der Waals surface area (Å²) in [7, 11) is 0. The molecule has 0 saturated carbocycles. The minimum Gasteiger partial charge on any atom is -0.370 e. The molecule has 0 atom stereocenters. The van der Waals surface area contributed by atoms with Gasteiger partial charge in [0.2, 0.25) is 5.96 Å². The fourth-order valence-corrected chi connectivity index (χ4v) is 1.81. The van der Waals surface area contributed by atoms with E-state index in [1.807, 2.05) is 0 Å². The highest BCUT2D eigenvalue weighted by molar-refractivity contribution is 5.94. The maximum absolute atomic E-state index is 12.9. The zero-order chi connectivity index (χ0) is 17.2. The summed E-state index contributed by atoms with van der Waals surface area (Å²) in [6.45, 7) is 1.80. The molecular formula is C13H14F3N7. The summed E-state index contributed by atoms with van der Waals surface area (Å²) < 4.78 is 40.0. The molecule has 0 aliphatic rings. The SMILES string of the molecule is Cc1cnn(-c2ccc(C(F)(F)F)cc2N=C(N)N=C(N)N)c1. The predicted molar refractivity (Wildman–Crippen MR) is 80.4 cm³/mol. The maximum Gasteiger partial charge on any atom is 0.416 e. The molecule has 0 bridgehead atoms. The van der Waals surface area contributed by atoms with Crippen molar-refractivity contribution in [3.8, 4) is 5.69 Å². The van der Waals surface area contributed by atoms with E-state index in [1.54, 1.807) is 19.3 Å². The van der Waals surface area contributed by atoms with Crippen LogP contribution in [0.4, 0.5) is 18.9 Å². The molecule has 1 heterocycles. The van der Waals surface area contributed by atoms with E-state index in [1.165, 1.54) is 10.7 Å². The van der Waals surface area contributed by atoms with Crippen molar-refractivity contribution in [1.82, 2.24) is 9.78 Å². The quantitative estimate of drug-likeness (QED) is 0.571. The Labute approximate surface area is 129 Å². The van der Waals surface area contributed by atoms with Crippen molar-refractivity contribution in [2.75, 3.05) is 0 Å². The summed E-state index contributed by atoms with van der Waals surface area (Å²) in [5.41, 5.74) is 16.0. The lowest BCUT2D eigenvalue weighted by atomic mass is 10.1. The number of nitrogens with two attached hydrogens (primary N) is 3. The number of aromatic nitrogens is 2. The third-order valence-corrected chi connectivity index (χ3v) is 2.74. The summed E-state index contributed by atoms with van der Waals surface area (Å²) >= 11 is 0. The van der Waals surface area contributed by atoms with E-state index in [0.717, 1.165) is 17.7 Å². The van der Waals surface area contributed by atoms with Gasteiger partial charge in [-0.2, -0.15) is 23.3 Å². The van der Waals surface area contributed by atoms with Crippen LogP contribution in [0.15, 0.2) is 40.6 Å². The Bertz CT molecular complexity index is 770. The van der Waals surface area contributed by atoms with Gasteiger partial charge in [-0.3, -0.25) is 0 Å². The van der Waals surface area contributed by atoms with Gasteiger partial charge < -0.3 is 17.2 Å². The smallest absolute Gasteiger partial charge is 0.370 e. The molecule has 122 valence electrons. The van der Waals surface area contributed by atoms with Gasteiger partial charge in [0.15, 0.2) is 5.96 Å². The van der Waals surface area contributed by atoms with Gasteiger partial charge >= 0.3 is 6.18 Å². The molecule has 0 amide bonds. The van der Waals surface area contributed by atoms with Crippen molar-refractivity contribution >= 4 is 17.6 Å². The molecule has 0 aliphatic carbocycles. The number of halogens is 3. The van der Waals surface area contributed by atoms with Crippen LogP contribution in [0, 0.1) is 6.92 Å². The van der Waals surface area contributed by atoms with Crippen molar-refractivity contribution in [1.29, 1.82) is 0 Å². The Morgan fingerprint density at radius 3 is 2.43 bits per heavy atom. The predicted octanol–water partition coefficient (Wildman–Crippen LogP) is 1.42. The van der Waals surface area contributed by atoms with E-state index in [0.29, 0.717) is 5.69 Å². The molecule has 10 heteroatoms. The molecule has 1 aromatic heterocycles. The van der Waals surface area contributed by atoms with Gasteiger partial charge in [0, 0.05) is 6.20 Å². The molecular weight excluding hydrogens is 311 g/mol. The fraction of sp³-hybridized carbons (Fsp3) is 0.154. The number of hydrogen-bond donors (Lipinski definition) is 3. The van der Waals surface area contributed by atoms with Crippen LogP contribution in [0.3, 0.4) is 0 Å². The maximum atomic E-state index is 12.9. The Balaban J connectivity index is 2.61. The topological polar surface area (TPSA) is 121 Å². The first kappa shape index (κ1) is 16.3. The minimum atomic E-state index is -4.52. The van der Waals surface area contributed by atoms with Crippen molar-refractivity contribution in [3.63, 3.8) is 0 Å². The molecule has 0 spiro atoms. The van der Waals surface area contributed by atoms with E-state index in [9.17, 15) is 13.2 Å². The molecule has 2 aromatic rings. The van der Waals surface area contributed by atoms with E-state index >= 15 is 0 Å². The monoisotopic (exact) mass is 325 g/mol. The summed E-state index contributed by atoms with van der Waals surface area (Å²) in [6.07, 6.45) is -1.32. The first-order valence-electron chi connectivity index (χ1n) is 6.33. The third-order valence-electron chi connectivity index (χ3n) is 2.74. The highest BCUT2D eigenvalue weighted by Gasteiger charge is 2.31. The number of alkyl halides is 3. The first-order chi connectivity index (χ1) is 10.7. The number of hydrogen-bond acceptors (Lipinski definition) is 2. The molecule has 0 fully saturated rings. The minimum absolute atomic E-state index is 0.0644. The lowest BCUT2D eigenvalue weighted by Crippen LogP contribution is -2.26. The Hall–Kier alpha value is -3.04. The Morgan fingerprint density at radius 2 is 1.91 bits per heavy atom. The van der Waals surface area contributed by atoms with Crippen LogP contribution in [-0.4, -0.2) is 21.7 Å². The van der Waals surface area contributed by atoms with Crippen LogP contribution in [0.2, 0.25) is 0 Å². The number of aryl methyl sites for hydroxylation is 1. The molecule has 7 nitrogen and oxygen atoms in total. The van der Waals surface area contributed by atoms with Gasteiger partial charge in [0.25, 0.3) is 0 Å². The number of aliphatic imine (C=N–C) groups is 2. The largest absolute Gasteiger partial charge is 0.416 e. The van der Waals surface area contributed by atoms with Crippen LogP contribution < -0.4 is 17.2 Å². The number of nitrogens with zero attached hydrogens (tertiary/aromatic N) is 4. The van der Waals surface area contributed by atoms with Gasteiger partial charge in [0.05, 0.1) is 23.1 Å². The van der Waals surface area contributed by atoms with E-state index < -0.39 is 11.7 Å². The molecule has 0 saturated heterocycles. The highest BCUT2D eigenvalue weighted by atomic mass is 19.4. The normalized spacial score (nSPS) is 12.3. The molecule has 0 aliphatic heterocycles. The van der Waals surface area contributed by atoms with Gasteiger partial charge in [-0.05, 0) is 30.7 Å². The Morgan fingerprint density at radius 1 is 1.22 bits per heavy atom. The lowest BCUT2D eigenvalue weighted by Gasteiger charge is -2.11. The highest BCUT2D eigenvalue weighted by Crippen LogP contribution is 2.34. The third kappa shape index (κ3) is 3.99. The van der Waals surface area contributed by atoms with Crippen molar-refractivity contribution in [2.24, 2.45) is 27.2 Å². The standard InChI is InChI=1S/C13H14F3N7/c1-7-5-20-23(6-7)10-3-2-8(13(14,15)16)4-9(10)21-12(19)22-11(17)18/h2-6H,1H3,(H6,17,18,19,21,22). The van der Waals surface area contributed by atoms with Crippen molar-refractivity contribution in [2.45, 2.75) is 13.1 Å². The number of benzene rings is 1. The van der Waals surface area contributed by atoms with Crippen LogP contribution in [0.1, 0.15) is 11.1 Å². The van der Waals surface area contributed by atoms with Crippen molar-refractivity contribution < 1.29 is 13.2 Å². The van der Waals surface area contributed by atoms with Gasteiger partial charge in [-0.25, -0.2) is 9.67 Å². The second-order valence-corrected chi connectivity index (χ2v) is 4.67. The average Bonchev–Trinajstić information content (AvgIpc) is 2.83. The first-order valence-corrected chi connectivity index (χ1v) is 6.33. The van der Waals surface area contributed by atoms with E-state index in [2.05, 4.69) is 15.1 Å². The summed E-state index contributed by atoms with van der Waals surface area (Å²) in [5, 5.41) is 4.05. The number of guanidine groups is 2. The van der Waals surface area contributed by atoms with Gasteiger partial charge in [0.1, 0.15) is 0 Å². The summed E-state index contributed by atoms with van der Waals surface area (Å²) in [4.78, 5) is 7.34. The van der Waals surface area contributed by atoms with Gasteiger partial charge in [-0.1, -0.05) is 0 Å². The second-order valence-electron chi connectivity index (χ2n) is 4.67. The summed E-state index contributed by atoms with van der Waals surface area (Å²) in [5.74, 6) is -0.718. The second kappa shape index (κ2) is 5.99. The Kier molecular flexibility index (Phi) is 4.25. The van der Waals surface area contributed by atoms with Crippen LogP contribution in [0.25, 0.3) is 5.69 Å².